The number of hydrogen-bond donors (Lipinski definition) is 0. The molecule has 24 heavy (non-hydrogen) atoms. The average Bonchev–Trinajstić information content (AvgIpc) is 3.09. The van der Waals surface area contributed by atoms with Crippen molar-refractivity contribution in [2.75, 3.05) is 13.2 Å². The Bertz CT molecular complexity index is 682. The lowest BCUT2D eigenvalue weighted by molar-refractivity contribution is 0.0507. The lowest BCUT2D eigenvalue weighted by Crippen LogP contribution is -2.36. The number of benzene rings is 2. The minimum Gasteiger partial charge on any atom is -0.376 e. The molecule has 1 atom stereocenters. The van der Waals surface area contributed by atoms with E-state index in [9.17, 15) is 4.79 Å². The van der Waals surface area contributed by atoms with Crippen molar-refractivity contribution in [1.29, 1.82) is 0 Å². The van der Waals surface area contributed by atoms with Gasteiger partial charge < -0.3 is 9.64 Å². The summed E-state index contributed by atoms with van der Waals surface area (Å²) in [6.07, 6.45) is 2.19. The van der Waals surface area contributed by atoms with E-state index in [1.165, 1.54) is 0 Å². The molecule has 0 bridgehead atoms. The van der Waals surface area contributed by atoms with Crippen LogP contribution in [0.5, 0.6) is 0 Å². The van der Waals surface area contributed by atoms with Crippen LogP contribution in [0.2, 0.25) is 5.02 Å². The van der Waals surface area contributed by atoms with Gasteiger partial charge in [-0.1, -0.05) is 39.7 Å². The number of halogens is 2. The number of carbonyl (C=O) groups excluding carboxylic acids is 1. The summed E-state index contributed by atoms with van der Waals surface area (Å²) in [6, 6.07) is 15.1. The molecule has 0 aromatic heterocycles. The third-order valence-corrected chi connectivity index (χ3v) is 4.89. The summed E-state index contributed by atoms with van der Waals surface area (Å²) in [6.45, 7) is 1.94. The smallest absolute Gasteiger partial charge is 0.254 e. The number of ether oxygens (including phenoxy) is 1. The second-order valence-electron chi connectivity index (χ2n) is 5.95. The van der Waals surface area contributed by atoms with Gasteiger partial charge in [-0.15, -0.1) is 0 Å². The molecule has 1 unspecified atom stereocenters. The van der Waals surface area contributed by atoms with E-state index >= 15 is 0 Å². The third kappa shape index (κ3) is 4.59. The van der Waals surface area contributed by atoms with Gasteiger partial charge in [0.25, 0.3) is 5.91 Å². The van der Waals surface area contributed by atoms with Gasteiger partial charge in [-0.25, -0.2) is 0 Å². The summed E-state index contributed by atoms with van der Waals surface area (Å²) >= 11 is 9.36. The van der Waals surface area contributed by atoms with E-state index in [-0.39, 0.29) is 12.0 Å². The van der Waals surface area contributed by atoms with Crippen molar-refractivity contribution in [3.63, 3.8) is 0 Å². The number of amides is 1. The maximum Gasteiger partial charge on any atom is 0.254 e. The van der Waals surface area contributed by atoms with Crippen molar-refractivity contribution in [3.8, 4) is 0 Å². The fraction of sp³-hybridized carbons (Fsp3) is 0.316. The van der Waals surface area contributed by atoms with E-state index in [1.807, 2.05) is 53.4 Å². The highest BCUT2D eigenvalue weighted by Crippen LogP contribution is 2.19. The van der Waals surface area contributed by atoms with Gasteiger partial charge in [-0.2, -0.15) is 0 Å². The molecule has 0 N–H and O–H groups in total. The van der Waals surface area contributed by atoms with Crippen LogP contribution in [-0.4, -0.2) is 30.1 Å². The van der Waals surface area contributed by atoms with Gasteiger partial charge in [0.1, 0.15) is 0 Å². The Kier molecular flexibility index (Phi) is 5.93. The third-order valence-electron chi connectivity index (χ3n) is 4.11. The first-order chi connectivity index (χ1) is 11.6. The van der Waals surface area contributed by atoms with Crippen LogP contribution in [-0.2, 0) is 11.3 Å². The monoisotopic (exact) mass is 407 g/mol. The van der Waals surface area contributed by atoms with E-state index in [1.54, 1.807) is 0 Å². The maximum atomic E-state index is 12.9. The van der Waals surface area contributed by atoms with E-state index in [0.717, 1.165) is 29.5 Å². The highest BCUT2D eigenvalue weighted by atomic mass is 79.9. The van der Waals surface area contributed by atoms with E-state index in [2.05, 4.69) is 15.9 Å². The second kappa shape index (κ2) is 8.15. The summed E-state index contributed by atoms with van der Waals surface area (Å²) < 4.78 is 6.68. The van der Waals surface area contributed by atoms with Gasteiger partial charge in [-0.3, -0.25) is 4.79 Å². The van der Waals surface area contributed by atoms with Crippen LogP contribution >= 0.6 is 27.5 Å². The first-order valence-corrected chi connectivity index (χ1v) is 9.20. The lowest BCUT2D eigenvalue weighted by Gasteiger charge is -2.26. The van der Waals surface area contributed by atoms with Gasteiger partial charge in [0, 0.05) is 34.8 Å². The number of carbonyl (C=O) groups is 1. The summed E-state index contributed by atoms with van der Waals surface area (Å²) in [7, 11) is 0. The van der Waals surface area contributed by atoms with Gasteiger partial charge >= 0.3 is 0 Å². The van der Waals surface area contributed by atoms with Crippen molar-refractivity contribution in [3.05, 3.63) is 69.2 Å². The standard InChI is InChI=1S/C19H19BrClNO2/c20-16-7-5-15(6-8-16)19(23)22(13-18-2-1-11-24-18)12-14-3-9-17(21)10-4-14/h3-10,18H,1-2,11-13H2. The molecule has 126 valence electrons. The van der Waals surface area contributed by atoms with E-state index < -0.39 is 0 Å². The van der Waals surface area contributed by atoms with Crippen LogP contribution < -0.4 is 0 Å². The van der Waals surface area contributed by atoms with Crippen molar-refractivity contribution >= 4 is 33.4 Å². The Balaban J connectivity index is 1.78. The average molecular weight is 409 g/mol. The van der Waals surface area contributed by atoms with Gasteiger partial charge in [-0.05, 0) is 54.8 Å². The molecular formula is C19H19BrClNO2. The van der Waals surface area contributed by atoms with E-state index in [4.69, 9.17) is 16.3 Å². The highest BCUT2D eigenvalue weighted by molar-refractivity contribution is 9.10. The Morgan fingerprint density at radius 2 is 1.88 bits per heavy atom. The molecule has 5 heteroatoms. The number of rotatable bonds is 5. The molecule has 1 saturated heterocycles. The van der Waals surface area contributed by atoms with Gasteiger partial charge in [0.2, 0.25) is 0 Å². The molecule has 0 spiro atoms. The summed E-state index contributed by atoms with van der Waals surface area (Å²) in [4.78, 5) is 14.8. The predicted molar refractivity (Wildman–Crippen MR) is 99.3 cm³/mol. The fourth-order valence-electron chi connectivity index (χ4n) is 2.84. The molecule has 0 saturated carbocycles. The zero-order valence-corrected chi connectivity index (χ0v) is 15.6. The van der Waals surface area contributed by atoms with Crippen LogP contribution in [0.3, 0.4) is 0 Å². The minimum absolute atomic E-state index is 0.0213. The zero-order chi connectivity index (χ0) is 16.9. The molecule has 3 nitrogen and oxygen atoms in total. The molecule has 1 fully saturated rings. The zero-order valence-electron chi connectivity index (χ0n) is 13.3. The van der Waals surface area contributed by atoms with Crippen molar-refractivity contribution in [1.82, 2.24) is 4.90 Å². The van der Waals surface area contributed by atoms with Gasteiger partial charge in [0.15, 0.2) is 0 Å². The van der Waals surface area contributed by atoms with Crippen molar-refractivity contribution < 1.29 is 9.53 Å². The van der Waals surface area contributed by atoms with Crippen LogP contribution in [0.15, 0.2) is 53.0 Å². The molecule has 1 aliphatic heterocycles. The summed E-state index contributed by atoms with van der Waals surface area (Å²) in [5, 5.41) is 0.698. The van der Waals surface area contributed by atoms with Crippen LogP contribution in [0.1, 0.15) is 28.8 Å². The molecule has 3 rings (SSSR count). The molecule has 2 aromatic rings. The fourth-order valence-corrected chi connectivity index (χ4v) is 3.23. The Labute approximate surface area is 155 Å². The molecule has 1 heterocycles. The maximum absolute atomic E-state index is 12.9. The molecule has 1 aliphatic rings. The normalized spacial score (nSPS) is 17.0. The van der Waals surface area contributed by atoms with E-state index in [0.29, 0.717) is 23.7 Å². The molecule has 0 radical (unpaired) electrons. The molecule has 0 aliphatic carbocycles. The van der Waals surface area contributed by atoms with Crippen molar-refractivity contribution in [2.24, 2.45) is 0 Å². The van der Waals surface area contributed by atoms with Crippen LogP contribution in [0.25, 0.3) is 0 Å². The largest absolute Gasteiger partial charge is 0.376 e. The predicted octanol–water partition coefficient (Wildman–Crippen LogP) is 4.92. The van der Waals surface area contributed by atoms with Crippen LogP contribution in [0.4, 0.5) is 0 Å². The van der Waals surface area contributed by atoms with Gasteiger partial charge in [0.05, 0.1) is 6.10 Å². The summed E-state index contributed by atoms with van der Waals surface area (Å²) in [5.74, 6) is 0.0213. The first-order valence-electron chi connectivity index (χ1n) is 8.03. The highest BCUT2D eigenvalue weighted by Gasteiger charge is 2.23. The lowest BCUT2D eigenvalue weighted by atomic mass is 10.1. The first kappa shape index (κ1) is 17.5. The Morgan fingerprint density at radius 1 is 1.17 bits per heavy atom. The quantitative estimate of drug-likeness (QED) is 0.702. The number of nitrogens with zero attached hydrogens (tertiary/aromatic N) is 1. The molecule has 2 aromatic carbocycles. The minimum atomic E-state index is 0.0213. The van der Waals surface area contributed by atoms with Crippen LogP contribution in [0, 0.1) is 0 Å². The summed E-state index contributed by atoms with van der Waals surface area (Å²) in [5.41, 5.74) is 1.74. The molecule has 1 amide bonds. The topological polar surface area (TPSA) is 29.5 Å². The number of hydrogen-bond acceptors (Lipinski definition) is 2. The second-order valence-corrected chi connectivity index (χ2v) is 7.31. The Morgan fingerprint density at radius 3 is 2.50 bits per heavy atom. The SMILES string of the molecule is O=C(c1ccc(Br)cc1)N(Cc1ccc(Cl)cc1)CC1CCCO1. The molecular weight excluding hydrogens is 390 g/mol. The van der Waals surface area contributed by atoms with Crippen molar-refractivity contribution in [2.45, 2.75) is 25.5 Å². The Hall–Kier alpha value is -1.36.